The summed E-state index contributed by atoms with van der Waals surface area (Å²) in [5.41, 5.74) is -3.81. The smallest absolute Gasteiger partial charge is 0.294 e. The van der Waals surface area contributed by atoms with Crippen LogP contribution in [-0.4, -0.2) is 5.78 Å². The molecule has 0 radical (unpaired) electrons. The molecule has 21 heavy (non-hydrogen) atoms. The summed E-state index contributed by atoms with van der Waals surface area (Å²) in [4.78, 5) is 11.7. The fourth-order valence-corrected chi connectivity index (χ4v) is 1.56. The van der Waals surface area contributed by atoms with Crippen LogP contribution in [0.2, 0.25) is 0 Å². The van der Waals surface area contributed by atoms with Crippen molar-refractivity contribution >= 4 is 5.78 Å². The van der Waals surface area contributed by atoms with Crippen molar-refractivity contribution in [2.75, 3.05) is 0 Å². The molecular formula is C13H9F6NO. The Hall–Kier alpha value is -2.04. The van der Waals surface area contributed by atoms with Crippen LogP contribution in [0, 0.1) is 17.2 Å². The average Bonchev–Trinajstić information content (AvgIpc) is 2.35. The number of hydrogen-bond donors (Lipinski definition) is 0. The lowest BCUT2D eigenvalue weighted by Gasteiger charge is -2.14. The molecule has 0 aliphatic carbocycles. The van der Waals surface area contributed by atoms with Gasteiger partial charge in [-0.25, -0.2) is 0 Å². The molecule has 1 atom stereocenters. The van der Waals surface area contributed by atoms with Gasteiger partial charge in [0.2, 0.25) is 0 Å². The molecular weight excluding hydrogens is 300 g/mol. The highest BCUT2D eigenvalue weighted by atomic mass is 19.4. The zero-order chi connectivity index (χ0) is 16.4. The predicted octanol–water partition coefficient (Wildman–Crippen LogP) is 4.46. The molecule has 1 aromatic rings. The maximum atomic E-state index is 12.6. The number of rotatable bonds is 3. The van der Waals surface area contributed by atoms with Crippen molar-refractivity contribution in [2.24, 2.45) is 5.92 Å². The number of carbonyl (C=O) groups is 1. The number of benzene rings is 1. The van der Waals surface area contributed by atoms with Gasteiger partial charge < -0.3 is 0 Å². The second-order valence-corrected chi connectivity index (χ2v) is 4.45. The van der Waals surface area contributed by atoms with E-state index >= 15 is 0 Å². The van der Waals surface area contributed by atoms with Gasteiger partial charge in [0, 0.05) is 12.0 Å². The lowest BCUT2D eigenvalue weighted by atomic mass is 9.97. The summed E-state index contributed by atoms with van der Waals surface area (Å²) in [7, 11) is 0. The van der Waals surface area contributed by atoms with Crippen molar-refractivity contribution in [3.05, 3.63) is 34.9 Å². The van der Waals surface area contributed by atoms with Gasteiger partial charge in [-0.1, -0.05) is 0 Å². The highest BCUT2D eigenvalue weighted by Crippen LogP contribution is 2.36. The Labute approximate surface area is 116 Å². The second-order valence-electron chi connectivity index (χ2n) is 4.45. The first kappa shape index (κ1) is 17.0. The summed E-state index contributed by atoms with van der Waals surface area (Å²) < 4.78 is 75.6. The van der Waals surface area contributed by atoms with Crippen molar-refractivity contribution in [1.29, 1.82) is 5.26 Å². The first-order chi connectivity index (χ1) is 9.45. The minimum absolute atomic E-state index is 0.0511. The molecule has 0 saturated carbocycles. The second kappa shape index (κ2) is 5.76. The standard InChI is InChI=1S/C13H9F6NO/c1-7(6-20)2-11(21)8-3-9(12(14,15)16)5-10(4-8)13(17,18)19/h3-5,7H,2H2,1H3. The molecule has 0 heterocycles. The SMILES string of the molecule is CC(C#N)CC(=O)c1cc(C(F)(F)F)cc(C(F)(F)F)c1. The van der Waals surface area contributed by atoms with E-state index in [4.69, 9.17) is 5.26 Å². The Morgan fingerprint density at radius 1 is 1.10 bits per heavy atom. The summed E-state index contributed by atoms with van der Waals surface area (Å²) in [5.74, 6) is -1.75. The van der Waals surface area contributed by atoms with Crippen LogP contribution in [-0.2, 0) is 12.4 Å². The highest BCUT2D eigenvalue weighted by molar-refractivity contribution is 5.96. The quantitative estimate of drug-likeness (QED) is 0.611. The van der Waals surface area contributed by atoms with E-state index < -0.39 is 47.2 Å². The van der Waals surface area contributed by atoms with Crippen LogP contribution in [0.1, 0.15) is 34.8 Å². The zero-order valence-corrected chi connectivity index (χ0v) is 10.6. The summed E-state index contributed by atoms with van der Waals surface area (Å²) in [6.07, 6.45) is -10.5. The van der Waals surface area contributed by atoms with Gasteiger partial charge in [0.05, 0.1) is 23.1 Å². The van der Waals surface area contributed by atoms with Gasteiger partial charge in [0.15, 0.2) is 5.78 Å². The summed E-state index contributed by atoms with van der Waals surface area (Å²) >= 11 is 0. The topological polar surface area (TPSA) is 40.9 Å². The number of hydrogen-bond acceptors (Lipinski definition) is 2. The maximum absolute atomic E-state index is 12.6. The normalized spacial score (nSPS) is 13.6. The molecule has 0 aliphatic heterocycles. The fourth-order valence-electron chi connectivity index (χ4n) is 1.56. The van der Waals surface area contributed by atoms with E-state index in [9.17, 15) is 31.1 Å². The summed E-state index contributed by atoms with van der Waals surface area (Å²) in [6.45, 7) is 1.34. The molecule has 0 fully saturated rings. The van der Waals surface area contributed by atoms with Crippen LogP contribution in [0.15, 0.2) is 18.2 Å². The van der Waals surface area contributed by atoms with Crippen LogP contribution < -0.4 is 0 Å². The summed E-state index contributed by atoms with van der Waals surface area (Å²) in [6, 6.07) is 2.36. The van der Waals surface area contributed by atoms with Gasteiger partial charge in [0.1, 0.15) is 0 Å². The Morgan fingerprint density at radius 2 is 1.52 bits per heavy atom. The third-order valence-corrected chi connectivity index (χ3v) is 2.62. The van der Waals surface area contributed by atoms with Crippen molar-refractivity contribution in [3.63, 3.8) is 0 Å². The molecule has 1 unspecified atom stereocenters. The van der Waals surface area contributed by atoms with Crippen molar-refractivity contribution in [1.82, 2.24) is 0 Å². The van der Waals surface area contributed by atoms with Crippen molar-refractivity contribution in [3.8, 4) is 6.07 Å². The first-order valence-electron chi connectivity index (χ1n) is 5.67. The van der Waals surface area contributed by atoms with E-state index in [1.54, 1.807) is 6.07 Å². The minimum Gasteiger partial charge on any atom is -0.294 e. The molecule has 0 saturated heterocycles. The van der Waals surface area contributed by atoms with E-state index in [0.717, 1.165) is 0 Å². The van der Waals surface area contributed by atoms with Crippen LogP contribution in [0.3, 0.4) is 0 Å². The van der Waals surface area contributed by atoms with Gasteiger partial charge >= 0.3 is 12.4 Å². The number of ketones is 1. The maximum Gasteiger partial charge on any atom is 0.416 e. The number of halogens is 6. The van der Waals surface area contributed by atoms with E-state index in [0.29, 0.717) is 12.1 Å². The lowest BCUT2D eigenvalue weighted by Crippen LogP contribution is -2.14. The Kier molecular flexibility index (Phi) is 4.66. The molecule has 0 aliphatic rings. The van der Waals surface area contributed by atoms with Crippen molar-refractivity contribution in [2.45, 2.75) is 25.7 Å². The molecule has 2 nitrogen and oxygen atoms in total. The van der Waals surface area contributed by atoms with Crippen LogP contribution in [0.4, 0.5) is 26.3 Å². The molecule has 114 valence electrons. The number of nitrogens with zero attached hydrogens (tertiary/aromatic N) is 1. The van der Waals surface area contributed by atoms with E-state index in [2.05, 4.69) is 0 Å². The molecule has 0 spiro atoms. The monoisotopic (exact) mass is 309 g/mol. The Balaban J connectivity index is 3.33. The van der Waals surface area contributed by atoms with Gasteiger partial charge in [-0.05, 0) is 25.1 Å². The van der Waals surface area contributed by atoms with Gasteiger partial charge in [-0.3, -0.25) is 4.79 Å². The third-order valence-electron chi connectivity index (χ3n) is 2.62. The van der Waals surface area contributed by atoms with Crippen molar-refractivity contribution < 1.29 is 31.1 Å². The number of carbonyl (C=O) groups excluding carboxylic acids is 1. The van der Waals surface area contributed by atoms with Gasteiger partial charge in [0.25, 0.3) is 0 Å². The number of Topliss-reactive ketones (excluding diaryl/α,β-unsaturated/α-hetero) is 1. The lowest BCUT2D eigenvalue weighted by molar-refractivity contribution is -0.143. The zero-order valence-electron chi connectivity index (χ0n) is 10.6. The minimum atomic E-state index is -5.00. The molecule has 0 bridgehead atoms. The fraction of sp³-hybridized carbons (Fsp3) is 0.385. The Morgan fingerprint density at radius 3 is 1.86 bits per heavy atom. The molecule has 0 amide bonds. The number of nitriles is 1. The van der Waals surface area contributed by atoms with E-state index in [-0.39, 0.29) is 6.07 Å². The van der Waals surface area contributed by atoms with Crippen LogP contribution in [0.25, 0.3) is 0 Å². The van der Waals surface area contributed by atoms with Crippen LogP contribution >= 0.6 is 0 Å². The number of alkyl halides is 6. The largest absolute Gasteiger partial charge is 0.416 e. The van der Waals surface area contributed by atoms with Gasteiger partial charge in [-0.2, -0.15) is 31.6 Å². The third kappa shape index (κ3) is 4.48. The Bertz CT molecular complexity index is 550. The van der Waals surface area contributed by atoms with Crippen LogP contribution in [0.5, 0.6) is 0 Å². The molecule has 1 aromatic carbocycles. The summed E-state index contributed by atoms with van der Waals surface area (Å²) in [5, 5.41) is 8.54. The molecule has 0 N–H and O–H groups in total. The average molecular weight is 309 g/mol. The predicted molar refractivity (Wildman–Crippen MR) is 60.2 cm³/mol. The molecule has 1 rings (SSSR count). The molecule has 8 heteroatoms. The van der Waals surface area contributed by atoms with E-state index in [1.165, 1.54) is 6.92 Å². The highest BCUT2D eigenvalue weighted by Gasteiger charge is 2.37. The first-order valence-corrected chi connectivity index (χ1v) is 5.67. The van der Waals surface area contributed by atoms with E-state index in [1.807, 2.05) is 0 Å². The molecule has 0 aromatic heterocycles. The van der Waals surface area contributed by atoms with Gasteiger partial charge in [-0.15, -0.1) is 0 Å².